The standard InChI is InChI=1S/C22H29N3O3S/c1-18(20-6-4-3-5-7-20)23-29(27,28)21-11-8-19(9-12-21)10-13-22(26)25-16-14-24(2)15-17-25/h3-9,11-12,18,23H,10,13-17H2,1-2H3/t18-/m0/s1. The number of aryl methyl sites for hydroxylation is 1. The first-order chi connectivity index (χ1) is 13.8. The second kappa shape index (κ2) is 9.52. The van der Waals surface area contributed by atoms with E-state index < -0.39 is 10.0 Å². The number of hydrogen-bond donors (Lipinski definition) is 1. The van der Waals surface area contributed by atoms with Gasteiger partial charge < -0.3 is 9.80 Å². The van der Waals surface area contributed by atoms with Crippen molar-refractivity contribution >= 4 is 15.9 Å². The molecule has 1 aliphatic heterocycles. The molecule has 1 amide bonds. The van der Waals surface area contributed by atoms with Gasteiger partial charge in [-0.1, -0.05) is 42.5 Å². The molecule has 1 atom stereocenters. The molecule has 1 fully saturated rings. The maximum Gasteiger partial charge on any atom is 0.241 e. The number of nitrogens with zero attached hydrogens (tertiary/aromatic N) is 2. The van der Waals surface area contributed by atoms with E-state index in [0.717, 1.165) is 37.3 Å². The quantitative estimate of drug-likeness (QED) is 0.754. The van der Waals surface area contributed by atoms with Gasteiger partial charge in [-0.15, -0.1) is 0 Å². The highest BCUT2D eigenvalue weighted by Gasteiger charge is 2.20. The minimum Gasteiger partial charge on any atom is -0.340 e. The van der Waals surface area contributed by atoms with E-state index in [2.05, 4.69) is 16.7 Å². The molecule has 0 aromatic heterocycles. The Bertz CT molecular complexity index is 906. The summed E-state index contributed by atoms with van der Waals surface area (Å²) in [5, 5.41) is 0. The Morgan fingerprint density at radius 1 is 1.00 bits per heavy atom. The van der Waals surface area contributed by atoms with Crippen LogP contribution in [0.25, 0.3) is 0 Å². The van der Waals surface area contributed by atoms with Crippen molar-refractivity contribution in [1.29, 1.82) is 0 Å². The molecule has 3 rings (SSSR count). The second-order valence-electron chi connectivity index (χ2n) is 7.58. The Morgan fingerprint density at radius 2 is 1.62 bits per heavy atom. The molecule has 0 unspecified atom stereocenters. The van der Waals surface area contributed by atoms with Crippen LogP contribution in [0.2, 0.25) is 0 Å². The summed E-state index contributed by atoms with van der Waals surface area (Å²) >= 11 is 0. The highest BCUT2D eigenvalue weighted by atomic mass is 32.2. The van der Waals surface area contributed by atoms with E-state index in [0.29, 0.717) is 12.8 Å². The molecule has 0 radical (unpaired) electrons. The number of rotatable bonds is 7. The van der Waals surface area contributed by atoms with Gasteiger partial charge in [0.15, 0.2) is 0 Å². The van der Waals surface area contributed by atoms with E-state index in [1.165, 1.54) is 0 Å². The van der Waals surface area contributed by atoms with E-state index >= 15 is 0 Å². The zero-order chi connectivity index (χ0) is 20.9. The predicted octanol–water partition coefficient (Wildman–Crippen LogP) is 2.43. The SMILES string of the molecule is C[C@H](NS(=O)(=O)c1ccc(CCC(=O)N2CCN(C)CC2)cc1)c1ccccc1. The third kappa shape index (κ3) is 5.88. The zero-order valence-electron chi connectivity index (χ0n) is 17.0. The third-order valence-electron chi connectivity index (χ3n) is 5.35. The number of sulfonamides is 1. The van der Waals surface area contributed by atoms with Crippen molar-refractivity contribution in [3.8, 4) is 0 Å². The van der Waals surface area contributed by atoms with Gasteiger partial charge in [0.1, 0.15) is 0 Å². The topological polar surface area (TPSA) is 69.7 Å². The van der Waals surface area contributed by atoms with Gasteiger partial charge >= 0.3 is 0 Å². The molecule has 0 aliphatic carbocycles. The lowest BCUT2D eigenvalue weighted by molar-refractivity contribution is -0.132. The summed E-state index contributed by atoms with van der Waals surface area (Å²) in [6.07, 6.45) is 1.05. The maximum absolute atomic E-state index is 12.7. The maximum atomic E-state index is 12.7. The fourth-order valence-corrected chi connectivity index (χ4v) is 4.64. The first kappa shape index (κ1) is 21.5. The molecule has 1 heterocycles. The summed E-state index contributed by atoms with van der Waals surface area (Å²) < 4.78 is 28.0. The van der Waals surface area contributed by atoms with Crippen molar-refractivity contribution in [3.05, 3.63) is 65.7 Å². The third-order valence-corrected chi connectivity index (χ3v) is 6.91. The number of hydrogen-bond acceptors (Lipinski definition) is 4. The van der Waals surface area contributed by atoms with Crippen LogP contribution >= 0.6 is 0 Å². The van der Waals surface area contributed by atoms with E-state index in [1.54, 1.807) is 24.3 Å². The van der Waals surface area contributed by atoms with Crippen LogP contribution < -0.4 is 4.72 Å². The largest absolute Gasteiger partial charge is 0.340 e. The fourth-order valence-electron chi connectivity index (χ4n) is 3.41. The van der Waals surface area contributed by atoms with Crippen LogP contribution in [0, 0.1) is 0 Å². The Kier molecular flexibility index (Phi) is 7.05. The molecule has 6 nitrogen and oxygen atoms in total. The van der Waals surface area contributed by atoms with Crippen LogP contribution in [0.4, 0.5) is 0 Å². The summed E-state index contributed by atoms with van der Waals surface area (Å²) in [6.45, 7) is 5.19. The van der Waals surface area contributed by atoms with Crippen LogP contribution in [0.15, 0.2) is 59.5 Å². The van der Waals surface area contributed by atoms with Gasteiger partial charge in [-0.3, -0.25) is 4.79 Å². The van der Waals surface area contributed by atoms with Crippen molar-refractivity contribution in [2.75, 3.05) is 33.2 Å². The molecular weight excluding hydrogens is 386 g/mol. The van der Waals surface area contributed by atoms with Gasteiger partial charge in [-0.05, 0) is 43.7 Å². The van der Waals surface area contributed by atoms with E-state index in [4.69, 9.17) is 0 Å². The summed E-state index contributed by atoms with van der Waals surface area (Å²) in [5.41, 5.74) is 1.87. The lowest BCUT2D eigenvalue weighted by atomic mass is 10.1. The highest BCUT2D eigenvalue weighted by Crippen LogP contribution is 2.18. The van der Waals surface area contributed by atoms with Crippen molar-refractivity contribution < 1.29 is 13.2 Å². The second-order valence-corrected chi connectivity index (χ2v) is 9.30. The molecule has 7 heteroatoms. The van der Waals surface area contributed by atoms with Gasteiger partial charge in [0.25, 0.3) is 0 Å². The zero-order valence-corrected chi connectivity index (χ0v) is 17.9. The van der Waals surface area contributed by atoms with Crippen LogP contribution in [0.3, 0.4) is 0 Å². The summed E-state index contributed by atoms with van der Waals surface area (Å²) in [6, 6.07) is 15.9. The summed E-state index contributed by atoms with van der Waals surface area (Å²) in [5.74, 6) is 0.160. The van der Waals surface area contributed by atoms with Crippen LogP contribution in [-0.2, 0) is 21.2 Å². The van der Waals surface area contributed by atoms with Crippen LogP contribution in [-0.4, -0.2) is 57.4 Å². The molecule has 1 N–H and O–H groups in total. The molecule has 0 bridgehead atoms. The number of amides is 1. The molecule has 0 saturated carbocycles. The van der Waals surface area contributed by atoms with Crippen molar-refractivity contribution in [1.82, 2.24) is 14.5 Å². The molecular formula is C22H29N3O3S. The monoisotopic (exact) mass is 415 g/mol. The van der Waals surface area contributed by atoms with Crippen LogP contribution in [0.5, 0.6) is 0 Å². The lowest BCUT2D eigenvalue weighted by Crippen LogP contribution is -2.47. The van der Waals surface area contributed by atoms with Crippen molar-refractivity contribution in [2.45, 2.75) is 30.7 Å². The predicted molar refractivity (Wildman–Crippen MR) is 114 cm³/mol. The van der Waals surface area contributed by atoms with Gasteiger partial charge in [-0.25, -0.2) is 13.1 Å². The van der Waals surface area contributed by atoms with E-state index in [9.17, 15) is 13.2 Å². The van der Waals surface area contributed by atoms with E-state index in [1.807, 2.05) is 42.2 Å². The van der Waals surface area contributed by atoms with Crippen molar-refractivity contribution in [2.24, 2.45) is 0 Å². The van der Waals surface area contributed by atoms with Gasteiger partial charge in [0, 0.05) is 38.6 Å². The molecule has 0 spiro atoms. The van der Waals surface area contributed by atoms with Gasteiger partial charge in [0.05, 0.1) is 4.90 Å². The molecule has 2 aromatic rings. The molecule has 29 heavy (non-hydrogen) atoms. The van der Waals surface area contributed by atoms with Gasteiger partial charge in [-0.2, -0.15) is 0 Å². The average Bonchev–Trinajstić information content (AvgIpc) is 2.73. The Morgan fingerprint density at radius 3 is 2.24 bits per heavy atom. The number of benzene rings is 2. The number of carbonyl (C=O) groups excluding carboxylic acids is 1. The molecule has 156 valence electrons. The normalized spacial score (nSPS) is 16.6. The Hall–Kier alpha value is -2.22. The van der Waals surface area contributed by atoms with Crippen molar-refractivity contribution in [3.63, 3.8) is 0 Å². The average molecular weight is 416 g/mol. The van der Waals surface area contributed by atoms with E-state index in [-0.39, 0.29) is 16.8 Å². The summed E-state index contributed by atoms with van der Waals surface area (Å²) in [4.78, 5) is 16.7. The number of likely N-dealkylation sites (N-methyl/N-ethyl adjacent to an activating group) is 1. The highest BCUT2D eigenvalue weighted by molar-refractivity contribution is 7.89. The summed E-state index contributed by atoms with van der Waals surface area (Å²) in [7, 11) is -1.55. The lowest BCUT2D eigenvalue weighted by Gasteiger charge is -2.32. The first-order valence-electron chi connectivity index (χ1n) is 9.98. The molecule has 1 saturated heterocycles. The molecule has 1 aliphatic rings. The number of carbonyl (C=O) groups is 1. The number of piperazine rings is 1. The minimum absolute atomic E-state index is 0.160. The van der Waals surface area contributed by atoms with Gasteiger partial charge in [0.2, 0.25) is 15.9 Å². The fraction of sp³-hybridized carbons (Fsp3) is 0.409. The first-order valence-corrected chi connectivity index (χ1v) is 11.5. The Labute approximate surface area is 173 Å². The van der Waals surface area contributed by atoms with Crippen LogP contribution in [0.1, 0.15) is 30.5 Å². The minimum atomic E-state index is -3.61. The Balaban J connectivity index is 1.55. The molecule has 2 aromatic carbocycles. The smallest absolute Gasteiger partial charge is 0.241 e. The number of nitrogens with one attached hydrogen (secondary N) is 1.